The Balaban J connectivity index is 2.05. The van der Waals surface area contributed by atoms with Gasteiger partial charge in [0.2, 0.25) is 5.65 Å². The molecule has 8 nitrogen and oxygen atoms in total. The Bertz CT molecular complexity index is 1330. The summed E-state index contributed by atoms with van der Waals surface area (Å²) < 4.78 is 40.2. The summed E-state index contributed by atoms with van der Waals surface area (Å²) in [4.78, 5) is 26.1. The summed E-state index contributed by atoms with van der Waals surface area (Å²) in [5, 5.41) is 5.24. The first-order chi connectivity index (χ1) is 14.5. The number of H-pyrrole nitrogens is 1. The fourth-order valence-electron chi connectivity index (χ4n) is 3.41. The number of rotatable bonds is 4. The van der Waals surface area contributed by atoms with Gasteiger partial charge in [-0.05, 0) is 38.5 Å². The third-order valence-electron chi connectivity index (χ3n) is 4.63. The average molecular weight is 450 g/mol. The number of anilines is 1. The van der Waals surface area contributed by atoms with Crippen LogP contribution in [0.15, 0.2) is 22.3 Å². The second-order valence-electron chi connectivity index (χ2n) is 7.22. The van der Waals surface area contributed by atoms with Crippen molar-refractivity contribution in [1.82, 2.24) is 24.7 Å². The molecule has 0 saturated carbocycles. The van der Waals surface area contributed by atoms with Gasteiger partial charge >= 0.3 is 17.8 Å². The Hall–Kier alpha value is -3.28. The standard InChI is InChI=1S/C19H18F3N7OS/c1-9-6-12(7-10(2)24-9)13-14(16-25-11(3)8-31-16)26-17(23)29-15(13)27-28(18(29)30)5-4-19(20,21)22/h6-8H,4-5H2,1-3H3,(H2,23,24,26,27)/p+1. The summed E-state index contributed by atoms with van der Waals surface area (Å²) in [5.41, 5.74) is 9.50. The lowest BCUT2D eigenvalue weighted by atomic mass is 10.0. The predicted molar refractivity (Wildman–Crippen MR) is 110 cm³/mol. The molecule has 4 aromatic heterocycles. The van der Waals surface area contributed by atoms with E-state index in [2.05, 4.69) is 20.1 Å². The van der Waals surface area contributed by atoms with Gasteiger partial charge in [0.1, 0.15) is 0 Å². The molecule has 12 heteroatoms. The van der Waals surface area contributed by atoms with Gasteiger partial charge < -0.3 is 5.73 Å². The van der Waals surface area contributed by atoms with E-state index in [1.807, 2.05) is 38.3 Å². The Morgan fingerprint density at radius 3 is 2.39 bits per heavy atom. The molecule has 0 radical (unpaired) electrons. The molecule has 0 aromatic carbocycles. The molecule has 0 saturated heterocycles. The van der Waals surface area contributed by atoms with Crippen LogP contribution in [0.3, 0.4) is 0 Å². The highest BCUT2D eigenvalue weighted by Gasteiger charge is 2.31. The molecular formula is C19H19F3N7OS+. The van der Waals surface area contributed by atoms with E-state index >= 15 is 0 Å². The van der Waals surface area contributed by atoms with Gasteiger partial charge in [0, 0.05) is 22.5 Å². The predicted octanol–water partition coefficient (Wildman–Crippen LogP) is 2.96. The SMILES string of the molecule is Cc1cc(-c2c(-c3nc(C)cs3)nc(N)[n+]3c(=O)n(CCC(F)(F)F)[nH]c23)cc(C)n1. The molecule has 3 N–H and O–H groups in total. The van der Waals surface area contributed by atoms with Gasteiger partial charge in [-0.1, -0.05) is 0 Å². The number of pyridine rings is 1. The lowest BCUT2D eigenvalue weighted by molar-refractivity contribution is -0.516. The molecule has 0 spiro atoms. The fraction of sp³-hybridized carbons (Fsp3) is 0.316. The fourth-order valence-corrected chi connectivity index (χ4v) is 4.21. The van der Waals surface area contributed by atoms with Gasteiger partial charge in [-0.2, -0.15) is 17.9 Å². The van der Waals surface area contributed by atoms with Gasteiger partial charge in [0.15, 0.2) is 10.7 Å². The Morgan fingerprint density at radius 2 is 1.81 bits per heavy atom. The molecule has 0 aliphatic rings. The molecule has 0 unspecified atom stereocenters. The largest absolute Gasteiger partial charge is 0.428 e. The van der Waals surface area contributed by atoms with Gasteiger partial charge in [-0.3, -0.25) is 4.98 Å². The summed E-state index contributed by atoms with van der Waals surface area (Å²) in [6, 6.07) is 3.63. The van der Waals surface area contributed by atoms with Crippen molar-refractivity contribution in [2.75, 3.05) is 5.73 Å². The van der Waals surface area contributed by atoms with Crippen LogP contribution < -0.4 is 15.8 Å². The van der Waals surface area contributed by atoms with Crippen molar-refractivity contribution in [2.45, 2.75) is 39.9 Å². The second kappa shape index (κ2) is 7.45. The zero-order chi connectivity index (χ0) is 22.5. The van der Waals surface area contributed by atoms with Crippen LogP contribution in [0.5, 0.6) is 0 Å². The minimum atomic E-state index is -4.41. The molecule has 4 rings (SSSR count). The second-order valence-corrected chi connectivity index (χ2v) is 8.08. The van der Waals surface area contributed by atoms with E-state index in [1.165, 1.54) is 11.3 Å². The molecule has 0 amide bonds. The minimum Gasteiger partial charge on any atom is -0.319 e. The average Bonchev–Trinajstić information content (AvgIpc) is 3.22. The molecule has 162 valence electrons. The quantitative estimate of drug-likeness (QED) is 0.465. The van der Waals surface area contributed by atoms with Crippen molar-refractivity contribution >= 4 is 22.9 Å². The highest BCUT2D eigenvalue weighted by molar-refractivity contribution is 7.13. The third kappa shape index (κ3) is 4.02. The summed E-state index contributed by atoms with van der Waals surface area (Å²) in [5.74, 6) is -0.142. The van der Waals surface area contributed by atoms with Crippen LogP contribution in [-0.2, 0) is 6.54 Å². The van der Waals surface area contributed by atoms with Crippen LogP contribution in [0.4, 0.5) is 19.1 Å². The number of hydrogen-bond donors (Lipinski definition) is 2. The maximum atomic E-state index is 12.8. The summed E-state index contributed by atoms with van der Waals surface area (Å²) in [6.45, 7) is 4.93. The van der Waals surface area contributed by atoms with E-state index in [-0.39, 0.29) is 11.6 Å². The number of nitrogens with zero attached hydrogens (tertiary/aromatic N) is 5. The number of alkyl halides is 3. The summed E-state index contributed by atoms with van der Waals surface area (Å²) in [6.07, 6.45) is -5.56. The van der Waals surface area contributed by atoms with Gasteiger partial charge in [0.25, 0.3) is 0 Å². The van der Waals surface area contributed by atoms with Crippen LogP contribution in [-0.4, -0.2) is 30.9 Å². The summed E-state index contributed by atoms with van der Waals surface area (Å²) in [7, 11) is 0. The molecule has 4 aromatic rings. The van der Waals surface area contributed by atoms with Crippen LogP contribution in [0.2, 0.25) is 0 Å². The lowest BCUT2D eigenvalue weighted by Gasteiger charge is -2.08. The van der Waals surface area contributed by atoms with Crippen molar-refractivity contribution in [1.29, 1.82) is 0 Å². The van der Waals surface area contributed by atoms with Crippen LogP contribution in [0.25, 0.3) is 27.5 Å². The van der Waals surface area contributed by atoms with Crippen LogP contribution in [0, 0.1) is 20.8 Å². The number of aromatic nitrogens is 6. The highest BCUT2D eigenvalue weighted by Crippen LogP contribution is 2.34. The van der Waals surface area contributed by atoms with Gasteiger partial charge in [0.05, 0.1) is 18.5 Å². The van der Waals surface area contributed by atoms with Gasteiger partial charge in [-0.15, -0.1) is 20.7 Å². The van der Waals surface area contributed by atoms with Gasteiger partial charge in [-0.25, -0.2) is 14.9 Å². The van der Waals surface area contributed by atoms with Crippen molar-refractivity contribution < 1.29 is 17.6 Å². The number of thiazole rings is 1. The Labute approximate surface area is 178 Å². The topological polar surface area (TPSA) is 107 Å². The van der Waals surface area contributed by atoms with E-state index in [9.17, 15) is 18.0 Å². The van der Waals surface area contributed by atoms with Crippen molar-refractivity contribution in [3.8, 4) is 21.8 Å². The molecule has 0 fully saturated rings. The summed E-state index contributed by atoms with van der Waals surface area (Å²) >= 11 is 1.36. The normalized spacial score (nSPS) is 12.1. The van der Waals surface area contributed by atoms with Crippen LogP contribution in [0.1, 0.15) is 23.5 Å². The maximum absolute atomic E-state index is 12.8. The van der Waals surface area contributed by atoms with E-state index in [0.29, 0.717) is 21.8 Å². The molecular weight excluding hydrogens is 431 g/mol. The van der Waals surface area contributed by atoms with E-state index in [0.717, 1.165) is 26.2 Å². The molecule has 31 heavy (non-hydrogen) atoms. The zero-order valence-electron chi connectivity index (χ0n) is 16.9. The number of halogens is 3. The van der Waals surface area contributed by atoms with Crippen molar-refractivity contribution in [3.05, 3.63) is 45.1 Å². The molecule has 0 aliphatic carbocycles. The number of hydrogen-bond acceptors (Lipinski definition) is 6. The van der Waals surface area contributed by atoms with E-state index in [1.54, 1.807) is 0 Å². The van der Waals surface area contributed by atoms with E-state index < -0.39 is 24.8 Å². The first-order valence-corrected chi connectivity index (χ1v) is 10.2. The number of nitrogens with one attached hydrogen (secondary N) is 1. The lowest BCUT2D eigenvalue weighted by Crippen LogP contribution is -2.44. The smallest absolute Gasteiger partial charge is 0.319 e. The number of nitrogens with two attached hydrogens (primary N) is 1. The third-order valence-corrected chi connectivity index (χ3v) is 5.59. The number of fused-ring (bicyclic) bond motifs is 1. The number of aromatic amines is 1. The highest BCUT2D eigenvalue weighted by atomic mass is 32.1. The Kier molecular flexibility index (Phi) is 5.04. The van der Waals surface area contributed by atoms with E-state index in [4.69, 9.17) is 5.73 Å². The van der Waals surface area contributed by atoms with Crippen molar-refractivity contribution in [3.63, 3.8) is 0 Å². The van der Waals surface area contributed by atoms with Crippen LogP contribution >= 0.6 is 11.3 Å². The molecule has 0 atom stereocenters. The Morgan fingerprint density at radius 1 is 1.13 bits per heavy atom. The number of nitrogen functional groups attached to an aromatic ring is 1. The first-order valence-electron chi connectivity index (χ1n) is 9.32. The molecule has 0 aliphatic heterocycles. The zero-order valence-corrected chi connectivity index (χ0v) is 17.7. The first kappa shape index (κ1) is 21.0. The monoisotopic (exact) mass is 450 g/mol. The molecule has 4 heterocycles. The minimum absolute atomic E-state index is 0.142. The van der Waals surface area contributed by atoms with Crippen molar-refractivity contribution in [2.24, 2.45) is 0 Å². The molecule has 0 bridgehead atoms. The number of aryl methyl sites for hydroxylation is 4. The maximum Gasteiger partial charge on any atom is 0.428 e.